The SMILES string of the molecule is CCC(C)Sc1nnc(NC(=O)CSc2nnc(CNc3ccc(C)cc3)n2-c2ccccc2)s1. The number of thioether (sulfide) groups is 2. The Morgan fingerprint density at radius 3 is 2.57 bits per heavy atom. The number of hydrogen-bond donors (Lipinski definition) is 2. The third kappa shape index (κ3) is 7.06. The molecule has 0 aliphatic heterocycles. The average molecular weight is 526 g/mol. The highest BCUT2D eigenvalue weighted by Crippen LogP contribution is 2.30. The second-order valence-corrected chi connectivity index (χ2v) is 11.4. The third-order valence-electron chi connectivity index (χ3n) is 5.08. The lowest BCUT2D eigenvalue weighted by Crippen LogP contribution is -2.14. The van der Waals surface area contributed by atoms with Gasteiger partial charge in [0.15, 0.2) is 15.3 Å². The minimum Gasteiger partial charge on any atom is -0.378 e. The van der Waals surface area contributed by atoms with E-state index in [1.54, 1.807) is 11.8 Å². The minimum absolute atomic E-state index is 0.159. The van der Waals surface area contributed by atoms with Crippen molar-refractivity contribution in [3.8, 4) is 5.69 Å². The molecule has 0 spiro atoms. The molecule has 0 bridgehead atoms. The number of carbonyl (C=O) groups excluding carboxylic acids is 1. The fourth-order valence-corrected chi connectivity index (χ4v) is 5.83. The summed E-state index contributed by atoms with van der Waals surface area (Å²) in [6.45, 7) is 6.84. The van der Waals surface area contributed by atoms with Crippen molar-refractivity contribution < 1.29 is 4.79 Å². The van der Waals surface area contributed by atoms with Gasteiger partial charge in [-0.15, -0.1) is 20.4 Å². The third-order valence-corrected chi connectivity index (χ3v) is 8.20. The van der Waals surface area contributed by atoms with Crippen molar-refractivity contribution >= 4 is 51.6 Å². The van der Waals surface area contributed by atoms with Gasteiger partial charge in [0, 0.05) is 16.6 Å². The second kappa shape index (κ2) is 12.2. The number of nitrogens with one attached hydrogen (secondary N) is 2. The maximum absolute atomic E-state index is 12.6. The monoisotopic (exact) mass is 525 g/mol. The average Bonchev–Trinajstić information content (AvgIpc) is 3.49. The maximum atomic E-state index is 12.6. The molecule has 1 amide bonds. The van der Waals surface area contributed by atoms with Crippen molar-refractivity contribution in [1.29, 1.82) is 0 Å². The van der Waals surface area contributed by atoms with E-state index in [1.807, 2.05) is 47.0 Å². The summed E-state index contributed by atoms with van der Waals surface area (Å²) in [7, 11) is 0. The van der Waals surface area contributed by atoms with Crippen LogP contribution < -0.4 is 10.6 Å². The van der Waals surface area contributed by atoms with Gasteiger partial charge < -0.3 is 5.32 Å². The predicted octanol–water partition coefficient (Wildman–Crippen LogP) is 5.66. The van der Waals surface area contributed by atoms with Gasteiger partial charge in [-0.25, -0.2) is 0 Å². The molecule has 8 nitrogen and oxygen atoms in total. The van der Waals surface area contributed by atoms with Crippen LogP contribution in [0.5, 0.6) is 0 Å². The molecule has 11 heteroatoms. The van der Waals surface area contributed by atoms with Crippen LogP contribution in [0, 0.1) is 6.92 Å². The zero-order valence-corrected chi connectivity index (χ0v) is 22.2. The van der Waals surface area contributed by atoms with Gasteiger partial charge in [-0.05, 0) is 37.6 Å². The molecular formula is C24H27N7OS3. The summed E-state index contributed by atoms with van der Waals surface area (Å²) in [5.41, 5.74) is 3.16. The molecule has 0 radical (unpaired) electrons. The van der Waals surface area contributed by atoms with Crippen LogP contribution in [-0.2, 0) is 11.3 Å². The standard InChI is InChI=1S/C24H27N7OS3/c1-4-17(3)34-24-30-28-22(35-24)26-21(32)15-33-23-29-27-20(31(23)19-8-6-5-7-9-19)14-25-18-12-10-16(2)11-13-18/h5-13,17,25H,4,14-15H2,1-3H3,(H,26,28,32). The van der Waals surface area contributed by atoms with E-state index in [2.05, 4.69) is 63.9 Å². The first-order valence-corrected chi connectivity index (χ1v) is 13.9. The second-order valence-electron chi connectivity index (χ2n) is 7.84. The number of benzene rings is 2. The molecule has 0 aliphatic rings. The number of aromatic nitrogens is 5. The van der Waals surface area contributed by atoms with E-state index in [9.17, 15) is 4.79 Å². The number of carbonyl (C=O) groups is 1. The van der Waals surface area contributed by atoms with Crippen molar-refractivity contribution in [2.45, 2.75) is 48.5 Å². The van der Waals surface area contributed by atoms with E-state index in [-0.39, 0.29) is 11.7 Å². The summed E-state index contributed by atoms with van der Waals surface area (Å²) < 4.78 is 2.84. The summed E-state index contributed by atoms with van der Waals surface area (Å²) in [5.74, 6) is 0.785. The van der Waals surface area contributed by atoms with Gasteiger partial charge in [-0.2, -0.15) is 0 Å². The van der Waals surface area contributed by atoms with E-state index in [0.29, 0.717) is 22.1 Å². The number of amides is 1. The summed E-state index contributed by atoms with van der Waals surface area (Å²) in [4.78, 5) is 12.6. The number of nitrogens with zero attached hydrogens (tertiary/aromatic N) is 5. The Kier molecular flexibility index (Phi) is 8.78. The summed E-state index contributed by atoms with van der Waals surface area (Å²) in [5, 5.41) is 24.9. The van der Waals surface area contributed by atoms with Crippen molar-refractivity contribution in [3.05, 3.63) is 66.0 Å². The number of hydrogen-bond acceptors (Lipinski definition) is 9. The van der Waals surface area contributed by atoms with E-state index in [4.69, 9.17) is 0 Å². The van der Waals surface area contributed by atoms with Crippen molar-refractivity contribution in [2.24, 2.45) is 0 Å². The Balaban J connectivity index is 1.42. The fraction of sp³-hybridized carbons (Fsp3) is 0.292. The van der Waals surface area contributed by atoms with Crippen LogP contribution >= 0.6 is 34.9 Å². The highest BCUT2D eigenvalue weighted by atomic mass is 32.2. The quantitative estimate of drug-likeness (QED) is 0.191. The molecule has 4 aromatic rings. The van der Waals surface area contributed by atoms with Gasteiger partial charge in [0.05, 0.1) is 12.3 Å². The van der Waals surface area contributed by atoms with Gasteiger partial charge in [0.25, 0.3) is 0 Å². The first-order valence-electron chi connectivity index (χ1n) is 11.2. The zero-order chi connectivity index (χ0) is 24.6. The number of para-hydroxylation sites is 1. The van der Waals surface area contributed by atoms with E-state index in [1.165, 1.54) is 28.7 Å². The summed E-state index contributed by atoms with van der Waals surface area (Å²) in [6.07, 6.45) is 1.05. The summed E-state index contributed by atoms with van der Waals surface area (Å²) in [6, 6.07) is 18.1. The van der Waals surface area contributed by atoms with Crippen LogP contribution in [-0.4, -0.2) is 41.9 Å². The lowest BCUT2D eigenvalue weighted by Gasteiger charge is -2.11. The molecule has 1 atom stereocenters. The fourth-order valence-electron chi connectivity index (χ4n) is 3.05. The molecule has 4 rings (SSSR count). The predicted molar refractivity (Wildman–Crippen MR) is 145 cm³/mol. The molecular weight excluding hydrogens is 499 g/mol. The number of aryl methyl sites for hydroxylation is 1. The van der Waals surface area contributed by atoms with Gasteiger partial charge in [-0.3, -0.25) is 14.7 Å². The van der Waals surface area contributed by atoms with E-state index >= 15 is 0 Å². The molecule has 0 saturated carbocycles. The lowest BCUT2D eigenvalue weighted by molar-refractivity contribution is -0.113. The highest BCUT2D eigenvalue weighted by Gasteiger charge is 2.17. The lowest BCUT2D eigenvalue weighted by atomic mass is 10.2. The van der Waals surface area contributed by atoms with Crippen LogP contribution in [0.3, 0.4) is 0 Å². The van der Waals surface area contributed by atoms with Crippen LogP contribution in [0.4, 0.5) is 10.8 Å². The maximum Gasteiger partial charge on any atom is 0.236 e. The Morgan fingerprint density at radius 1 is 1.06 bits per heavy atom. The Morgan fingerprint density at radius 2 is 1.83 bits per heavy atom. The molecule has 0 fully saturated rings. The largest absolute Gasteiger partial charge is 0.378 e. The molecule has 35 heavy (non-hydrogen) atoms. The van der Waals surface area contributed by atoms with Crippen LogP contribution in [0.2, 0.25) is 0 Å². The normalized spacial score (nSPS) is 11.9. The zero-order valence-electron chi connectivity index (χ0n) is 19.8. The van der Waals surface area contributed by atoms with Crippen molar-refractivity contribution in [2.75, 3.05) is 16.4 Å². The molecule has 1 unspecified atom stereocenters. The molecule has 0 saturated heterocycles. The van der Waals surface area contributed by atoms with Crippen LogP contribution in [0.25, 0.3) is 5.69 Å². The van der Waals surface area contributed by atoms with Crippen molar-refractivity contribution in [3.63, 3.8) is 0 Å². The van der Waals surface area contributed by atoms with Crippen LogP contribution in [0.15, 0.2) is 64.1 Å². The molecule has 0 aliphatic carbocycles. The summed E-state index contributed by atoms with van der Waals surface area (Å²) >= 11 is 4.40. The van der Waals surface area contributed by atoms with Crippen molar-refractivity contribution in [1.82, 2.24) is 25.0 Å². The Bertz CT molecular complexity index is 1240. The van der Waals surface area contributed by atoms with Gasteiger partial charge in [0.1, 0.15) is 0 Å². The molecule has 182 valence electrons. The first kappa shape index (κ1) is 25.2. The number of anilines is 2. The van der Waals surface area contributed by atoms with E-state index < -0.39 is 0 Å². The Hall–Kier alpha value is -2.89. The van der Waals surface area contributed by atoms with Crippen LogP contribution in [0.1, 0.15) is 31.7 Å². The highest BCUT2D eigenvalue weighted by molar-refractivity contribution is 8.01. The molecule has 2 N–H and O–H groups in total. The topological polar surface area (TPSA) is 97.6 Å². The molecule has 2 heterocycles. The molecule has 2 aromatic carbocycles. The van der Waals surface area contributed by atoms with E-state index in [0.717, 1.165) is 28.0 Å². The molecule has 2 aromatic heterocycles. The Labute approximate surface area is 217 Å². The van der Waals surface area contributed by atoms with Gasteiger partial charge in [-0.1, -0.05) is 84.6 Å². The van der Waals surface area contributed by atoms with Gasteiger partial charge in [0.2, 0.25) is 11.0 Å². The van der Waals surface area contributed by atoms with Gasteiger partial charge >= 0.3 is 0 Å². The smallest absolute Gasteiger partial charge is 0.236 e. The minimum atomic E-state index is -0.159. The first-order chi connectivity index (χ1) is 17.0. The number of rotatable bonds is 11.